The van der Waals surface area contributed by atoms with Gasteiger partial charge in [-0.15, -0.1) is 0 Å². The molecule has 1 aliphatic rings. The summed E-state index contributed by atoms with van der Waals surface area (Å²) in [6.45, 7) is 7.07. The lowest BCUT2D eigenvalue weighted by molar-refractivity contribution is -0.131. The second-order valence-corrected chi connectivity index (χ2v) is 8.87. The first-order valence-electron chi connectivity index (χ1n) is 12.0. The highest BCUT2D eigenvalue weighted by Crippen LogP contribution is 2.27. The van der Waals surface area contributed by atoms with Crippen molar-refractivity contribution in [3.8, 4) is 5.69 Å². The van der Waals surface area contributed by atoms with Crippen molar-refractivity contribution in [2.45, 2.75) is 33.1 Å². The third kappa shape index (κ3) is 4.51. The molecule has 0 radical (unpaired) electrons. The van der Waals surface area contributed by atoms with Gasteiger partial charge < -0.3 is 9.80 Å². The van der Waals surface area contributed by atoms with Crippen molar-refractivity contribution in [3.63, 3.8) is 0 Å². The van der Waals surface area contributed by atoms with Crippen molar-refractivity contribution in [2.75, 3.05) is 31.1 Å². The summed E-state index contributed by atoms with van der Waals surface area (Å²) in [5.41, 5.74) is 4.19. The maximum atomic E-state index is 12.4. The number of amides is 1. The molecule has 3 heterocycles. The summed E-state index contributed by atoms with van der Waals surface area (Å²) in [5.74, 6) is 1.91. The van der Waals surface area contributed by atoms with E-state index >= 15 is 0 Å². The second-order valence-electron chi connectivity index (χ2n) is 8.87. The number of nitrogens with zero attached hydrogens (tertiary/aromatic N) is 6. The highest BCUT2D eigenvalue weighted by atomic mass is 16.2. The third-order valence-corrected chi connectivity index (χ3v) is 6.33. The largest absolute Gasteiger partial charge is 0.352 e. The number of carbonyl (C=O) groups excluding carboxylic acids is 1. The van der Waals surface area contributed by atoms with E-state index in [9.17, 15) is 4.79 Å². The van der Waals surface area contributed by atoms with Gasteiger partial charge in [0, 0.05) is 39.0 Å². The smallest absolute Gasteiger partial charge is 0.222 e. The average Bonchev–Trinajstić information content (AvgIpc) is 3.30. The molecule has 1 fully saturated rings. The third-order valence-electron chi connectivity index (χ3n) is 6.33. The minimum atomic E-state index is 0.243. The van der Waals surface area contributed by atoms with E-state index in [1.807, 2.05) is 53.0 Å². The van der Waals surface area contributed by atoms with E-state index in [-0.39, 0.29) is 5.91 Å². The normalized spacial score (nSPS) is 14.1. The number of aromatic nitrogens is 4. The van der Waals surface area contributed by atoms with Gasteiger partial charge in [-0.3, -0.25) is 4.79 Å². The molecule has 0 N–H and O–H groups in total. The molecule has 2 aromatic heterocycles. The number of rotatable bonds is 6. The van der Waals surface area contributed by atoms with Gasteiger partial charge >= 0.3 is 0 Å². The lowest BCUT2D eigenvalue weighted by Crippen LogP contribution is -2.49. The Morgan fingerprint density at radius 3 is 2.38 bits per heavy atom. The number of para-hydroxylation sites is 1. The molecule has 7 heteroatoms. The van der Waals surface area contributed by atoms with Crippen LogP contribution in [0.25, 0.3) is 16.7 Å². The van der Waals surface area contributed by atoms with E-state index in [2.05, 4.69) is 41.2 Å². The van der Waals surface area contributed by atoms with Gasteiger partial charge in [-0.05, 0) is 31.0 Å². The molecule has 0 aliphatic carbocycles. The van der Waals surface area contributed by atoms with Crippen LogP contribution in [0.1, 0.15) is 36.7 Å². The van der Waals surface area contributed by atoms with Gasteiger partial charge in [0.2, 0.25) is 5.91 Å². The van der Waals surface area contributed by atoms with Crippen molar-refractivity contribution in [1.29, 1.82) is 0 Å². The maximum Gasteiger partial charge on any atom is 0.222 e. The van der Waals surface area contributed by atoms with Crippen LogP contribution in [-0.4, -0.2) is 56.7 Å². The molecule has 0 bridgehead atoms. The second kappa shape index (κ2) is 9.63. The Hall–Kier alpha value is -3.74. The molecule has 1 aliphatic heterocycles. The van der Waals surface area contributed by atoms with E-state index in [4.69, 9.17) is 9.97 Å². The maximum absolute atomic E-state index is 12.4. The van der Waals surface area contributed by atoms with Gasteiger partial charge in [-0.1, -0.05) is 55.0 Å². The number of aryl methyl sites for hydroxylation is 1. The van der Waals surface area contributed by atoms with E-state index in [0.717, 1.165) is 47.9 Å². The monoisotopic (exact) mass is 454 g/mol. The molecule has 34 heavy (non-hydrogen) atoms. The molecule has 0 spiro atoms. The van der Waals surface area contributed by atoms with Gasteiger partial charge in [0.25, 0.3) is 0 Å². The summed E-state index contributed by atoms with van der Waals surface area (Å²) in [5, 5.41) is 5.61. The number of piperazine rings is 1. The molecule has 4 aromatic rings. The van der Waals surface area contributed by atoms with Crippen LogP contribution in [-0.2, 0) is 11.2 Å². The van der Waals surface area contributed by atoms with Crippen LogP contribution < -0.4 is 4.90 Å². The van der Waals surface area contributed by atoms with Crippen LogP contribution in [0.3, 0.4) is 0 Å². The molecule has 0 saturated carbocycles. The zero-order valence-electron chi connectivity index (χ0n) is 19.8. The molecule has 2 aromatic carbocycles. The van der Waals surface area contributed by atoms with Crippen LogP contribution in [0, 0.1) is 6.92 Å². The van der Waals surface area contributed by atoms with Gasteiger partial charge in [0.15, 0.2) is 5.65 Å². The van der Waals surface area contributed by atoms with Crippen LogP contribution in [0.2, 0.25) is 0 Å². The van der Waals surface area contributed by atoms with E-state index in [1.165, 1.54) is 11.1 Å². The number of hydrogen-bond donors (Lipinski definition) is 0. The Morgan fingerprint density at radius 2 is 1.68 bits per heavy atom. The predicted molar refractivity (Wildman–Crippen MR) is 134 cm³/mol. The van der Waals surface area contributed by atoms with Crippen molar-refractivity contribution < 1.29 is 4.79 Å². The Labute approximate surface area is 200 Å². The topological polar surface area (TPSA) is 67.2 Å². The van der Waals surface area contributed by atoms with Crippen LogP contribution in [0.4, 0.5) is 5.82 Å². The lowest BCUT2D eigenvalue weighted by Gasteiger charge is -2.35. The fraction of sp³-hybridized carbons (Fsp3) is 0.333. The molecule has 1 amide bonds. The van der Waals surface area contributed by atoms with Crippen molar-refractivity contribution in [2.24, 2.45) is 0 Å². The first kappa shape index (κ1) is 22.1. The van der Waals surface area contributed by atoms with Gasteiger partial charge in [0.1, 0.15) is 11.6 Å². The van der Waals surface area contributed by atoms with Crippen LogP contribution >= 0.6 is 0 Å². The highest BCUT2D eigenvalue weighted by molar-refractivity contribution is 5.88. The number of hydrogen-bond acceptors (Lipinski definition) is 5. The standard InChI is InChI=1S/C27H30N6O/c1-3-7-25(34)31-14-16-32(17-15-31)26-23-19-28-33(22-8-5-4-6-9-22)27(23)30-24(29-26)18-21-12-10-20(2)11-13-21/h4-6,8-13,19H,3,7,14-18H2,1-2H3. The number of carbonyl (C=O) groups is 1. The lowest BCUT2D eigenvalue weighted by atomic mass is 10.1. The summed E-state index contributed by atoms with van der Waals surface area (Å²) in [6, 6.07) is 18.6. The van der Waals surface area contributed by atoms with Crippen LogP contribution in [0.15, 0.2) is 60.8 Å². The zero-order valence-corrected chi connectivity index (χ0v) is 19.8. The minimum absolute atomic E-state index is 0.243. The summed E-state index contributed by atoms with van der Waals surface area (Å²) in [4.78, 5) is 26.6. The Bertz CT molecular complexity index is 1270. The van der Waals surface area contributed by atoms with E-state index in [1.54, 1.807) is 0 Å². The first-order chi connectivity index (χ1) is 16.6. The number of anilines is 1. The average molecular weight is 455 g/mol. The summed E-state index contributed by atoms with van der Waals surface area (Å²) >= 11 is 0. The van der Waals surface area contributed by atoms with E-state index < -0.39 is 0 Å². The van der Waals surface area contributed by atoms with Gasteiger partial charge in [-0.2, -0.15) is 5.10 Å². The molecule has 0 atom stereocenters. The molecule has 0 unspecified atom stereocenters. The minimum Gasteiger partial charge on any atom is -0.352 e. The van der Waals surface area contributed by atoms with Gasteiger partial charge in [-0.25, -0.2) is 14.6 Å². The summed E-state index contributed by atoms with van der Waals surface area (Å²) in [7, 11) is 0. The van der Waals surface area contributed by atoms with Gasteiger partial charge in [0.05, 0.1) is 17.3 Å². The summed E-state index contributed by atoms with van der Waals surface area (Å²) in [6.07, 6.45) is 4.01. The molecule has 7 nitrogen and oxygen atoms in total. The Morgan fingerprint density at radius 1 is 0.941 bits per heavy atom. The molecular formula is C27H30N6O. The predicted octanol–water partition coefficient (Wildman–Crippen LogP) is 4.16. The van der Waals surface area contributed by atoms with Crippen molar-refractivity contribution in [3.05, 3.63) is 77.7 Å². The molecular weight excluding hydrogens is 424 g/mol. The quantitative estimate of drug-likeness (QED) is 0.438. The molecule has 5 rings (SSSR count). The SMILES string of the molecule is CCCC(=O)N1CCN(c2nc(Cc3ccc(C)cc3)nc3c2cnn3-c2ccccc2)CC1. The summed E-state index contributed by atoms with van der Waals surface area (Å²) < 4.78 is 1.89. The van der Waals surface area contributed by atoms with E-state index in [0.29, 0.717) is 25.9 Å². The number of fused-ring (bicyclic) bond motifs is 1. The fourth-order valence-corrected chi connectivity index (χ4v) is 4.44. The van der Waals surface area contributed by atoms with Crippen molar-refractivity contribution >= 4 is 22.8 Å². The Kier molecular flexibility index (Phi) is 6.25. The van der Waals surface area contributed by atoms with Crippen LogP contribution in [0.5, 0.6) is 0 Å². The first-order valence-corrected chi connectivity index (χ1v) is 12.0. The molecule has 174 valence electrons. The fourth-order valence-electron chi connectivity index (χ4n) is 4.44. The Balaban J connectivity index is 1.51. The zero-order chi connectivity index (χ0) is 23.5. The molecule has 1 saturated heterocycles. The highest BCUT2D eigenvalue weighted by Gasteiger charge is 2.24. The van der Waals surface area contributed by atoms with Crippen molar-refractivity contribution in [1.82, 2.24) is 24.6 Å². The number of benzene rings is 2.